The topological polar surface area (TPSA) is 66.3 Å². The molecule has 1 aliphatic carbocycles. The van der Waals surface area contributed by atoms with E-state index < -0.39 is 0 Å². The number of aromatic amines is 1. The molecule has 3 heterocycles. The van der Waals surface area contributed by atoms with Crippen LogP contribution >= 0.6 is 0 Å². The lowest BCUT2D eigenvalue weighted by atomic mass is 9.69. The third-order valence-electron chi connectivity index (χ3n) is 7.81. The Balaban J connectivity index is 1.46. The van der Waals surface area contributed by atoms with Gasteiger partial charge in [-0.05, 0) is 85.3 Å². The van der Waals surface area contributed by atoms with Crippen LogP contribution in [0.15, 0.2) is 30.7 Å². The van der Waals surface area contributed by atoms with Gasteiger partial charge in [0.2, 0.25) is 5.91 Å². The Hall–Kier alpha value is -3.15. The van der Waals surface area contributed by atoms with Crippen LogP contribution < -0.4 is 0 Å². The van der Waals surface area contributed by atoms with Gasteiger partial charge < -0.3 is 9.88 Å². The van der Waals surface area contributed by atoms with Crippen molar-refractivity contribution in [3.05, 3.63) is 53.0 Å². The first-order chi connectivity index (χ1) is 16.2. The third-order valence-corrected chi connectivity index (χ3v) is 7.81. The van der Waals surface area contributed by atoms with E-state index in [0.717, 1.165) is 17.6 Å². The van der Waals surface area contributed by atoms with Crippen LogP contribution in [0.25, 0.3) is 27.8 Å². The number of carbonyl (C=O) groups is 1. The minimum Gasteiger partial charge on any atom is -0.354 e. The van der Waals surface area contributed by atoms with E-state index in [2.05, 4.69) is 67.2 Å². The van der Waals surface area contributed by atoms with E-state index in [4.69, 9.17) is 0 Å². The molecule has 1 aliphatic rings. The van der Waals surface area contributed by atoms with Gasteiger partial charge in [-0.3, -0.25) is 4.79 Å². The molecule has 6 heteroatoms. The van der Waals surface area contributed by atoms with Gasteiger partial charge in [-0.15, -0.1) is 0 Å². The van der Waals surface area contributed by atoms with Gasteiger partial charge >= 0.3 is 0 Å². The average Bonchev–Trinajstić information content (AvgIpc) is 3.39. The molecule has 1 N–H and O–H groups in total. The highest BCUT2D eigenvalue weighted by Crippen LogP contribution is 2.46. The first kappa shape index (κ1) is 22.6. The Kier molecular flexibility index (Phi) is 5.70. The number of aromatic nitrogens is 4. The molecule has 4 aromatic rings. The Morgan fingerprint density at radius 3 is 2.68 bits per heavy atom. The van der Waals surface area contributed by atoms with Gasteiger partial charge in [-0.2, -0.15) is 5.10 Å². The number of nitrogens with zero attached hydrogens (tertiary/aromatic N) is 4. The van der Waals surface area contributed by atoms with Gasteiger partial charge in [-0.1, -0.05) is 19.9 Å². The van der Waals surface area contributed by atoms with Crippen molar-refractivity contribution in [3.8, 4) is 11.3 Å². The quantitative estimate of drug-likeness (QED) is 0.387. The minimum atomic E-state index is 0.237. The fourth-order valence-electron chi connectivity index (χ4n) is 5.55. The van der Waals surface area contributed by atoms with Crippen LogP contribution in [0.3, 0.4) is 0 Å². The molecular weight excluding hydrogens is 422 g/mol. The van der Waals surface area contributed by atoms with Crippen LogP contribution in [-0.4, -0.2) is 44.5 Å². The van der Waals surface area contributed by atoms with Crippen molar-refractivity contribution in [2.24, 2.45) is 5.92 Å². The molecule has 1 aromatic carbocycles. The zero-order chi connectivity index (χ0) is 24.1. The van der Waals surface area contributed by atoms with E-state index in [1.54, 1.807) is 11.2 Å². The summed E-state index contributed by atoms with van der Waals surface area (Å²) in [6.07, 6.45) is 7.76. The summed E-state index contributed by atoms with van der Waals surface area (Å²) in [5, 5.41) is 5.73. The van der Waals surface area contributed by atoms with Crippen molar-refractivity contribution in [2.45, 2.75) is 65.2 Å². The molecule has 1 saturated carbocycles. The summed E-state index contributed by atoms with van der Waals surface area (Å²) in [7, 11) is 3.68. The number of fused-ring (bicyclic) bond motifs is 2. The highest BCUT2D eigenvalue weighted by Gasteiger charge is 2.31. The molecule has 0 unspecified atom stereocenters. The molecule has 0 spiro atoms. The predicted octanol–water partition coefficient (Wildman–Crippen LogP) is 5.98. The second-order valence-electron chi connectivity index (χ2n) is 10.6. The lowest BCUT2D eigenvalue weighted by Crippen LogP contribution is -2.26. The van der Waals surface area contributed by atoms with E-state index in [0.29, 0.717) is 24.2 Å². The van der Waals surface area contributed by atoms with Crippen LogP contribution in [0, 0.1) is 19.8 Å². The Morgan fingerprint density at radius 1 is 1.21 bits per heavy atom. The smallest absolute Gasteiger partial charge is 0.222 e. The molecule has 0 saturated heterocycles. The van der Waals surface area contributed by atoms with Crippen molar-refractivity contribution in [3.63, 3.8) is 0 Å². The van der Waals surface area contributed by atoms with Crippen LogP contribution in [0.2, 0.25) is 0 Å². The summed E-state index contributed by atoms with van der Waals surface area (Å²) in [5.74, 6) is 1.88. The van der Waals surface area contributed by atoms with E-state index in [9.17, 15) is 4.79 Å². The number of carbonyl (C=O) groups excluding carboxylic acids is 1. The number of rotatable bonds is 6. The van der Waals surface area contributed by atoms with Crippen molar-refractivity contribution in [2.75, 3.05) is 14.1 Å². The SMILES string of the molecule is Cc1c(-c2[nH]c3ccc(C4CC(CCC(=O)N(C)C)C4)cc3c2C(C)C)cn2ncnc2c1C. The standard InChI is InChI=1S/C28H35N5O/c1-16(2)26-22-13-20(21-11-19(12-21)7-10-25(34)32(5)6)8-9-24(22)31-27(26)23-14-33-28(29-15-30-33)18(4)17(23)3/h8-9,13-16,19,21,31H,7,10-12H2,1-6H3. The van der Waals surface area contributed by atoms with Crippen molar-refractivity contribution >= 4 is 22.5 Å². The molecule has 178 valence electrons. The molecule has 3 aromatic heterocycles. The van der Waals surface area contributed by atoms with Crippen LogP contribution in [0.1, 0.15) is 73.6 Å². The normalized spacial score (nSPS) is 18.1. The maximum atomic E-state index is 11.9. The first-order valence-corrected chi connectivity index (χ1v) is 12.4. The lowest BCUT2D eigenvalue weighted by Gasteiger charge is -2.36. The molecule has 0 aliphatic heterocycles. The van der Waals surface area contributed by atoms with Gasteiger partial charge in [0.25, 0.3) is 0 Å². The molecule has 0 radical (unpaired) electrons. The number of hydrogen-bond acceptors (Lipinski definition) is 3. The number of H-pyrrole nitrogens is 1. The van der Waals surface area contributed by atoms with E-state index in [1.807, 2.05) is 18.6 Å². The second-order valence-corrected chi connectivity index (χ2v) is 10.6. The monoisotopic (exact) mass is 457 g/mol. The first-order valence-electron chi connectivity index (χ1n) is 12.4. The number of aryl methyl sites for hydroxylation is 1. The fraction of sp³-hybridized carbons (Fsp3) is 0.464. The largest absolute Gasteiger partial charge is 0.354 e. The maximum absolute atomic E-state index is 11.9. The third kappa shape index (κ3) is 3.79. The van der Waals surface area contributed by atoms with E-state index >= 15 is 0 Å². The van der Waals surface area contributed by atoms with Gasteiger partial charge in [-0.25, -0.2) is 9.50 Å². The predicted molar refractivity (Wildman–Crippen MR) is 137 cm³/mol. The molecular formula is C28H35N5O. The number of amides is 1. The Labute approximate surface area is 201 Å². The van der Waals surface area contributed by atoms with Gasteiger partial charge in [0.15, 0.2) is 5.65 Å². The number of hydrogen-bond donors (Lipinski definition) is 1. The van der Waals surface area contributed by atoms with Gasteiger partial charge in [0.05, 0.1) is 5.69 Å². The summed E-state index contributed by atoms with van der Waals surface area (Å²) in [6.45, 7) is 8.85. The van der Waals surface area contributed by atoms with Crippen molar-refractivity contribution < 1.29 is 4.79 Å². The number of benzene rings is 1. The maximum Gasteiger partial charge on any atom is 0.222 e. The minimum absolute atomic E-state index is 0.237. The highest BCUT2D eigenvalue weighted by atomic mass is 16.2. The summed E-state index contributed by atoms with van der Waals surface area (Å²) in [5.41, 5.74) is 9.67. The molecule has 34 heavy (non-hydrogen) atoms. The molecule has 0 bridgehead atoms. The number of pyridine rings is 1. The molecule has 1 fully saturated rings. The van der Waals surface area contributed by atoms with Gasteiger partial charge in [0, 0.05) is 43.2 Å². The Bertz CT molecular complexity index is 1370. The fourth-order valence-corrected chi connectivity index (χ4v) is 5.55. The lowest BCUT2D eigenvalue weighted by molar-refractivity contribution is -0.129. The summed E-state index contributed by atoms with van der Waals surface area (Å²) >= 11 is 0. The highest BCUT2D eigenvalue weighted by molar-refractivity contribution is 5.92. The number of nitrogens with one attached hydrogen (secondary N) is 1. The van der Waals surface area contributed by atoms with Gasteiger partial charge in [0.1, 0.15) is 6.33 Å². The summed E-state index contributed by atoms with van der Waals surface area (Å²) in [6, 6.07) is 6.95. The molecule has 6 nitrogen and oxygen atoms in total. The van der Waals surface area contributed by atoms with Crippen molar-refractivity contribution in [1.29, 1.82) is 0 Å². The Morgan fingerprint density at radius 2 is 1.97 bits per heavy atom. The molecule has 1 amide bonds. The summed E-state index contributed by atoms with van der Waals surface area (Å²) in [4.78, 5) is 21.8. The van der Waals surface area contributed by atoms with Crippen LogP contribution in [0.4, 0.5) is 0 Å². The molecule has 5 rings (SSSR count). The van der Waals surface area contributed by atoms with Crippen LogP contribution in [0.5, 0.6) is 0 Å². The zero-order valence-corrected chi connectivity index (χ0v) is 21.1. The molecule has 0 atom stereocenters. The average molecular weight is 458 g/mol. The van der Waals surface area contributed by atoms with Crippen LogP contribution in [-0.2, 0) is 4.79 Å². The summed E-state index contributed by atoms with van der Waals surface area (Å²) < 4.78 is 1.88. The van der Waals surface area contributed by atoms with Crippen molar-refractivity contribution in [1.82, 2.24) is 24.5 Å². The zero-order valence-electron chi connectivity index (χ0n) is 21.1. The second kappa shape index (κ2) is 8.57. The van der Waals surface area contributed by atoms with E-state index in [-0.39, 0.29) is 5.91 Å². The van der Waals surface area contributed by atoms with E-state index in [1.165, 1.54) is 51.7 Å².